The number of nitrogens with zero attached hydrogens (tertiary/aromatic N) is 3. The van der Waals surface area contributed by atoms with Gasteiger partial charge in [-0.05, 0) is 82.0 Å². The minimum Gasteiger partial charge on any atom is -0.478 e. The average Bonchev–Trinajstić information content (AvgIpc) is 3.57. The van der Waals surface area contributed by atoms with Crippen LogP contribution < -0.4 is 9.47 Å². The van der Waals surface area contributed by atoms with Crippen LogP contribution in [0.2, 0.25) is 5.02 Å². The van der Waals surface area contributed by atoms with Crippen molar-refractivity contribution in [3.05, 3.63) is 82.2 Å². The van der Waals surface area contributed by atoms with Gasteiger partial charge in [-0.25, -0.2) is 14.2 Å². The predicted molar refractivity (Wildman–Crippen MR) is 156 cm³/mol. The number of halogens is 2. The zero-order valence-electron chi connectivity index (χ0n) is 23.8. The minimum absolute atomic E-state index is 0.00240. The predicted octanol–water partition coefficient (Wildman–Crippen LogP) is 6.36. The van der Waals surface area contributed by atoms with Gasteiger partial charge in [0.15, 0.2) is 11.5 Å². The number of para-hydroxylation sites is 1. The summed E-state index contributed by atoms with van der Waals surface area (Å²) in [4.78, 5) is 18.2. The van der Waals surface area contributed by atoms with E-state index in [-0.39, 0.29) is 12.0 Å². The van der Waals surface area contributed by atoms with Gasteiger partial charge in [0.05, 0.1) is 42.8 Å². The number of fused-ring (bicyclic) bond motifs is 1. The molecule has 2 atom stereocenters. The number of carbonyl (C=O) groups is 1. The Hall–Kier alpha value is -3.40. The van der Waals surface area contributed by atoms with Crippen molar-refractivity contribution in [3.8, 4) is 11.5 Å². The van der Waals surface area contributed by atoms with Gasteiger partial charge < -0.3 is 23.9 Å². The maximum absolute atomic E-state index is 14.8. The summed E-state index contributed by atoms with van der Waals surface area (Å²) >= 11 is 5.96. The van der Waals surface area contributed by atoms with Crippen LogP contribution in [-0.2, 0) is 28.4 Å². The lowest BCUT2D eigenvalue weighted by Gasteiger charge is -2.32. The Morgan fingerprint density at radius 1 is 1.24 bits per heavy atom. The van der Waals surface area contributed by atoms with Crippen LogP contribution in [0, 0.1) is 5.82 Å². The van der Waals surface area contributed by atoms with Gasteiger partial charge in [0.1, 0.15) is 11.6 Å². The van der Waals surface area contributed by atoms with Crippen LogP contribution in [0.5, 0.6) is 11.5 Å². The molecule has 8 nitrogen and oxygen atoms in total. The Morgan fingerprint density at radius 3 is 2.74 bits per heavy atom. The van der Waals surface area contributed by atoms with Crippen molar-refractivity contribution in [1.29, 1.82) is 0 Å². The highest BCUT2D eigenvalue weighted by Crippen LogP contribution is 2.49. The molecule has 42 heavy (non-hydrogen) atoms. The Balaban J connectivity index is 1.13. The molecule has 1 N–H and O–H groups in total. The average molecular weight is 596 g/mol. The maximum Gasteiger partial charge on any atom is 0.328 e. The van der Waals surface area contributed by atoms with Crippen LogP contribution in [0.15, 0.2) is 48.7 Å². The van der Waals surface area contributed by atoms with Crippen LogP contribution in [0.3, 0.4) is 0 Å². The third-order valence-electron chi connectivity index (χ3n) is 8.18. The first-order chi connectivity index (χ1) is 20.2. The second kappa shape index (κ2) is 11.7. The van der Waals surface area contributed by atoms with E-state index in [1.54, 1.807) is 31.3 Å². The summed E-state index contributed by atoms with van der Waals surface area (Å²) in [5.41, 5.74) is 2.12. The van der Waals surface area contributed by atoms with Crippen LogP contribution in [0.25, 0.3) is 6.08 Å². The van der Waals surface area contributed by atoms with Crippen LogP contribution in [0.4, 0.5) is 4.39 Å². The van der Waals surface area contributed by atoms with Crippen LogP contribution in [0.1, 0.15) is 68.1 Å². The molecule has 2 fully saturated rings. The first-order valence-corrected chi connectivity index (χ1v) is 14.9. The molecular weight excluding hydrogens is 561 g/mol. The number of hydrogen-bond acceptors (Lipinski definition) is 6. The van der Waals surface area contributed by atoms with E-state index < -0.39 is 17.6 Å². The number of imidazole rings is 1. The molecular formula is C32H35ClFN3O5. The van der Waals surface area contributed by atoms with Crippen LogP contribution in [-0.4, -0.2) is 50.8 Å². The molecule has 2 aromatic carbocycles. The molecule has 3 aromatic rings. The van der Waals surface area contributed by atoms with Gasteiger partial charge >= 0.3 is 5.97 Å². The van der Waals surface area contributed by atoms with E-state index in [1.165, 1.54) is 6.07 Å². The number of likely N-dealkylation sites (tertiary alicyclic amines) is 1. The highest BCUT2D eigenvalue weighted by atomic mass is 35.5. The van der Waals surface area contributed by atoms with Gasteiger partial charge in [-0.1, -0.05) is 23.7 Å². The zero-order valence-corrected chi connectivity index (χ0v) is 24.5. The van der Waals surface area contributed by atoms with Gasteiger partial charge in [0.2, 0.25) is 0 Å². The summed E-state index contributed by atoms with van der Waals surface area (Å²) in [7, 11) is 0. The van der Waals surface area contributed by atoms with Crippen molar-refractivity contribution in [1.82, 2.24) is 14.5 Å². The molecule has 0 spiro atoms. The highest BCUT2D eigenvalue weighted by Gasteiger charge is 2.43. The standard InChI is InChI=1S/C32H35ClFN3O5/c1-20(40-24-8-9-24)18-37-23(7-11-30(38)39)17-35-29(37)19-36-14-12-21(13-15-36)25-4-3-5-28-31(25)42-32(2,41-28)26-10-6-22(33)16-27(26)34/h3-7,10-11,16-17,20-21,24H,8-9,12-15,18-19H2,1-2H3,(H,38,39)/b11-7+/t20-,32-/m0/s1. The quantitative estimate of drug-likeness (QED) is 0.273. The van der Waals surface area contributed by atoms with Crippen molar-refractivity contribution >= 4 is 23.6 Å². The number of aliphatic carboxylic acids is 1. The van der Waals surface area contributed by atoms with Gasteiger partial charge in [-0.2, -0.15) is 0 Å². The maximum atomic E-state index is 14.8. The van der Waals surface area contributed by atoms with E-state index in [2.05, 4.69) is 27.4 Å². The Morgan fingerprint density at radius 2 is 2.02 bits per heavy atom. The summed E-state index contributed by atoms with van der Waals surface area (Å²) in [5.74, 6) is -0.310. The van der Waals surface area contributed by atoms with E-state index >= 15 is 0 Å². The molecule has 1 aromatic heterocycles. The van der Waals surface area contributed by atoms with E-state index in [1.807, 2.05) is 12.1 Å². The molecule has 222 valence electrons. The summed E-state index contributed by atoms with van der Waals surface area (Å²) in [6.07, 6.45) is 8.84. The number of piperidine rings is 1. The third kappa shape index (κ3) is 6.19. The van der Waals surface area contributed by atoms with Crippen LogP contribution >= 0.6 is 11.6 Å². The lowest BCUT2D eigenvalue weighted by atomic mass is 9.88. The fourth-order valence-electron chi connectivity index (χ4n) is 5.93. The largest absolute Gasteiger partial charge is 0.478 e. The lowest BCUT2D eigenvalue weighted by molar-refractivity contribution is -0.131. The minimum atomic E-state index is -1.28. The molecule has 10 heteroatoms. The fourth-order valence-corrected chi connectivity index (χ4v) is 6.09. The van der Waals surface area contributed by atoms with Crippen molar-refractivity contribution in [2.75, 3.05) is 13.1 Å². The second-order valence-corrected chi connectivity index (χ2v) is 12.0. The summed E-state index contributed by atoms with van der Waals surface area (Å²) < 4.78 is 35.4. The molecule has 0 amide bonds. The Labute approximate surface area is 249 Å². The number of rotatable bonds is 10. The van der Waals surface area contributed by atoms with Crippen molar-refractivity contribution in [2.24, 2.45) is 0 Å². The van der Waals surface area contributed by atoms with Crippen molar-refractivity contribution in [3.63, 3.8) is 0 Å². The van der Waals surface area contributed by atoms with E-state index in [0.29, 0.717) is 41.3 Å². The lowest BCUT2D eigenvalue weighted by Crippen LogP contribution is -2.34. The third-order valence-corrected chi connectivity index (χ3v) is 8.41. The molecule has 1 saturated heterocycles. The van der Waals surface area contributed by atoms with Gasteiger partial charge in [-0.15, -0.1) is 0 Å². The molecule has 3 heterocycles. The van der Waals surface area contributed by atoms with Gasteiger partial charge in [0, 0.05) is 23.6 Å². The van der Waals surface area contributed by atoms with E-state index in [4.69, 9.17) is 30.9 Å². The topological polar surface area (TPSA) is 86.1 Å². The first-order valence-electron chi connectivity index (χ1n) is 14.5. The Bertz CT molecular complexity index is 1500. The molecule has 0 unspecified atom stereocenters. The molecule has 2 aliphatic heterocycles. The molecule has 6 rings (SSSR count). The van der Waals surface area contributed by atoms with E-state index in [9.17, 15) is 9.18 Å². The monoisotopic (exact) mass is 595 g/mol. The number of aromatic nitrogens is 2. The molecule has 0 bridgehead atoms. The molecule has 1 aliphatic carbocycles. The Kier molecular flexibility index (Phi) is 8.00. The molecule has 3 aliphatic rings. The number of carboxylic acids is 1. The number of ether oxygens (including phenoxy) is 3. The number of hydrogen-bond donors (Lipinski definition) is 1. The fraction of sp³-hybridized carbons (Fsp3) is 0.438. The van der Waals surface area contributed by atoms with Crippen molar-refractivity contribution < 1.29 is 28.5 Å². The van der Waals surface area contributed by atoms with Crippen molar-refractivity contribution in [2.45, 2.75) is 76.5 Å². The number of benzene rings is 2. The second-order valence-electron chi connectivity index (χ2n) is 11.5. The number of carboxylic acid groups (broad SMARTS) is 1. The van der Waals surface area contributed by atoms with Gasteiger partial charge in [-0.3, -0.25) is 4.90 Å². The summed E-state index contributed by atoms with van der Waals surface area (Å²) in [6, 6.07) is 10.4. The smallest absolute Gasteiger partial charge is 0.328 e. The van der Waals surface area contributed by atoms with Gasteiger partial charge in [0.25, 0.3) is 5.79 Å². The summed E-state index contributed by atoms with van der Waals surface area (Å²) in [5, 5.41) is 9.46. The molecule has 1 saturated carbocycles. The normalized spacial score (nSPS) is 21.7. The highest BCUT2D eigenvalue weighted by molar-refractivity contribution is 6.30. The zero-order chi connectivity index (χ0) is 29.4. The summed E-state index contributed by atoms with van der Waals surface area (Å²) in [6.45, 7) is 6.77. The first kappa shape index (κ1) is 28.7. The molecule has 0 radical (unpaired) electrons. The SMILES string of the molecule is C[C@@H](Cn1c(/C=C/C(=O)O)cnc1CN1CCC(c2cccc3c2O[C@@](C)(c2ccc(Cl)cc2F)O3)CC1)OC1CC1. The van der Waals surface area contributed by atoms with E-state index in [0.717, 1.165) is 61.9 Å².